The number of rotatable bonds is 5. The summed E-state index contributed by atoms with van der Waals surface area (Å²) in [5.41, 5.74) is 0.803. The summed E-state index contributed by atoms with van der Waals surface area (Å²) >= 11 is 6.11. The number of aromatic nitrogens is 4. The van der Waals surface area contributed by atoms with Gasteiger partial charge in [0.05, 0.1) is 24.6 Å². The number of hydrogen-bond acceptors (Lipinski definition) is 8. The molecule has 10 nitrogen and oxygen atoms in total. The Hall–Kier alpha value is -2.86. The molecule has 3 heterocycles. The number of halogens is 2. The lowest BCUT2D eigenvalue weighted by Gasteiger charge is -2.32. The molecule has 0 aliphatic carbocycles. The molecule has 4 N–H and O–H groups in total. The predicted molar refractivity (Wildman–Crippen MR) is 109 cm³/mol. The predicted octanol–water partition coefficient (Wildman–Crippen LogP) is 0.950. The fraction of sp³-hybridized carbons (Fsp3) is 0.368. The number of nitrogens with one attached hydrogen (secondary N) is 2. The second-order valence-electron chi connectivity index (χ2n) is 7.26. The first-order valence-electron chi connectivity index (χ1n) is 9.44. The molecule has 0 unspecified atom stereocenters. The molecule has 0 radical (unpaired) electrons. The standard InChI is InChI=1S/C19H20ClFN6O4/c1-27(5-9-4-10(21)2-3-11(9)20)19(30)15-14-17(22-8-23-18(14)26-25-15)24-12-6-31-7-13(28)16(12)29/h2-4,8,12-13,16,28-29H,5-7H2,1H3,(H2,22,23,24,25,26)/t12-,13-,16+/m1/s1. The molecule has 1 saturated heterocycles. The maximum absolute atomic E-state index is 13.6. The van der Waals surface area contributed by atoms with Crippen molar-refractivity contribution in [3.05, 3.63) is 46.6 Å². The van der Waals surface area contributed by atoms with Gasteiger partial charge in [0, 0.05) is 18.6 Å². The Morgan fingerprint density at radius 3 is 3.00 bits per heavy atom. The van der Waals surface area contributed by atoms with Crippen LogP contribution in [-0.4, -0.2) is 79.7 Å². The fourth-order valence-electron chi connectivity index (χ4n) is 3.39. The van der Waals surface area contributed by atoms with Gasteiger partial charge in [-0.1, -0.05) is 11.6 Å². The first-order valence-corrected chi connectivity index (χ1v) is 9.82. The van der Waals surface area contributed by atoms with Crippen LogP contribution in [0.25, 0.3) is 11.0 Å². The number of aliphatic hydroxyl groups is 2. The van der Waals surface area contributed by atoms with Crippen LogP contribution >= 0.6 is 11.6 Å². The molecule has 1 aliphatic heterocycles. The Labute approximate surface area is 181 Å². The van der Waals surface area contributed by atoms with Crippen LogP contribution in [0.4, 0.5) is 10.2 Å². The zero-order chi connectivity index (χ0) is 22.1. The number of ether oxygens (including phenoxy) is 1. The molecule has 164 valence electrons. The lowest BCUT2D eigenvalue weighted by Crippen LogP contribution is -2.51. The molecular weight excluding hydrogens is 431 g/mol. The highest BCUT2D eigenvalue weighted by Gasteiger charge is 2.32. The minimum Gasteiger partial charge on any atom is -0.388 e. The summed E-state index contributed by atoms with van der Waals surface area (Å²) in [6, 6.07) is 3.29. The normalized spacial score (nSPS) is 21.3. The van der Waals surface area contributed by atoms with Crippen LogP contribution in [0.3, 0.4) is 0 Å². The van der Waals surface area contributed by atoms with E-state index >= 15 is 0 Å². The van der Waals surface area contributed by atoms with E-state index in [1.807, 2.05) is 0 Å². The molecule has 1 aliphatic rings. The number of amides is 1. The lowest BCUT2D eigenvalue weighted by molar-refractivity contribution is -0.0923. The van der Waals surface area contributed by atoms with Gasteiger partial charge in [-0.2, -0.15) is 5.10 Å². The summed E-state index contributed by atoms with van der Waals surface area (Å²) in [4.78, 5) is 22.7. The van der Waals surface area contributed by atoms with Crippen molar-refractivity contribution >= 4 is 34.4 Å². The van der Waals surface area contributed by atoms with Crippen molar-refractivity contribution < 1.29 is 24.1 Å². The van der Waals surface area contributed by atoms with Gasteiger partial charge >= 0.3 is 0 Å². The number of benzene rings is 1. The van der Waals surface area contributed by atoms with Gasteiger partial charge in [0.2, 0.25) is 0 Å². The van der Waals surface area contributed by atoms with Crippen molar-refractivity contribution in [1.82, 2.24) is 25.1 Å². The molecule has 3 atom stereocenters. The van der Waals surface area contributed by atoms with Crippen molar-refractivity contribution in [2.24, 2.45) is 0 Å². The van der Waals surface area contributed by atoms with Crippen molar-refractivity contribution in [2.75, 3.05) is 25.6 Å². The molecule has 4 rings (SSSR count). The number of aliphatic hydroxyl groups excluding tert-OH is 2. The number of H-pyrrole nitrogens is 1. The Bertz CT molecular complexity index is 1110. The van der Waals surface area contributed by atoms with Crippen LogP contribution in [0.1, 0.15) is 16.1 Å². The number of nitrogens with zero attached hydrogens (tertiary/aromatic N) is 4. The van der Waals surface area contributed by atoms with Gasteiger partial charge in [-0.3, -0.25) is 9.89 Å². The van der Waals surface area contributed by atoms with E-state index < -0.39 is 30.0 Å². The van der Waals surface area contributed by atoms with E-state index in [9.17, 15) is 19.4 Å². The molecule has 0 saturated carbocycles. The van der Waals surface area contributed by atoms with E-state index in [1.54, 1.807) is 7.05 Å². The fourth-order valence-corrected chi connectivity index (χ4v) is 3.56. The first kappa shape index (κ1) is 21.4. The van der Waals surface area contributed by atoms with E-state index in [1.165, 1.54) is 29.4 Å². The Balaban J connectivity index is 1.62. The third kappa shape index (κ3) is 4.30. The average Bonchev–Trinajstić information content (AvgIpc) is 3.18. The quantitative estimate of drug-likeness (QED) is 0.451. The number of hydrogen-bond donors (Lipinski definition) is 4. The topological polar surface area (TPSA) is 136 Å². The number of anilines is 1. The number of fused-ring (bicyclic) bond motifs is 1. The minimum atomic E-state index is -1.08. The summed E-state index contributed by atoms with van der Waals surface area (Å²) < 4.78 is 18.8. The SMILES string of the molecule is CN(Cc1cc(F)ccc1Cl)C(=O)c1[nH]nc2ncnc(N[C@@H]3COC[C@@H](O)[C@H]3O)c12. The second kappa shape index (κ2) is 8.71. The molecule has 0 bridgehead atoms. The maximum atomic E-state index is 13.6. The highest BCUT2D eigenvalue weighted by atomic mass is 35.5. The van der Waals surface area contributed by atoms with E-state index in [-0.39, 0.29) is 36.9 Å². The number of carbonyl (C=O) groups excluding carboxylic acids is 1. The molecule has 1 fully saturated rings. The summed E-state index contributed by atoms with van der Waals surface area (Å²) in [6.45, 7) is 0.234. The van der Waals surface area contributed by atoms with Crippen LogP contribution in [0.5, 0.6) is 0 Å². The van der Waals surface area contributed by atoms with E-state index in [0.717, 1.165) is 0 Å². The van der Waals surface area contributed by atoms with Gasteiger partial charge in [-0.15, -0.1) is 0 Å². The van der Waals surface area contributed by atoms with Crippen LogP contribution in [-0.2, 0) is 11.3 Å². The van der Waals surface area contributed by atoms with Crippen LogP contribution in [0.15, 0.2) is 24.5 Å². The van der Waals surface area contributed by atoms with Crippen molar-refractivity contribution in [3.8, 4) is 0 Å². The summed E-state index contributed by atoms with van der Waals surface area (Å²) in [7, 11) is 1.54. The maximum Gasteiger partial charge on any atom is 0.272 e. The van der Waals surface area contributed by atoms with Crippen LogP contribution in [0, 0.1) is 5.82 Å². The van der Waals surface area contributed by atoms with Crippen molar-refractivity contribution in [2.45, 2.75) is 24.8 Å². The molecule has 0 spiro atoms. The van der Waals surface area contributed by atoms with Crippen molar-refractivity contribution in [1.29, 1.82) is 0 Å². The number of carbonyl (C=O) groups is 1. The summed E-state index contributed by atoms with van der Waals surface area (Å²) in [6.07, 6.45) is -0.860. The largest absolute Gasteiger partial charge is 0.388 e. The molecule has 2 aromatic heterocycles. The zero-order valence-corrected chi connectivity index (χ0v) is 17.2. The van der Waals surface area contributed by atoms with Gasteiger partial charge in [0.15, 0.2) is 5.65 Å². The first-order chi connectivity index (χ1) is 14.8. The molecule has 1 aromatic carbocycles. The highest BCUT2D eigenvalue weighted by Crippen LogP contribution is 2.26. The Kier molecular flexibility index (Phi) is 6.01. The molecular formula is C19H20ClFN6O4. The zero-order valence-electron chi connectivity index (χ0n) is 16.4. The van der Waals surface area contributed by atoms with Crippen LogP contribution < -0.4 is 5.32 Å². The molecule has 1 amide bonds. The molecule has 31 heavy (non-hydrogen) atoms. The lowest BCUT2D eigenvalue weighted by atomic mass is 10.0. The van der Waals surface area contributed by atoms with E-state index in [0.29, 0.717) is 16.0 Å². The highest BCUT2D eigenvalue weighted by molar-refractivity contribution is 6.31. The number of aromatic amines is 1. The van der Waals surface area contributed by atoms with Gasteiger partial charge in [0.25, 0.3) is 5.91 Å². The molecule has 12 heteroatoms. The van der Waals surface area contributed by atoms with Crippen LogP contribution in [0.2, 0.25) is 5.02 Å². The Morgan fingerprint density at radius 2 is 2.19 bits per heavy atom. The minimum absolute atomic E-state index is 0.0292. The van der Waals surface area contributed by atoms with Crippen molar-refractivity contribution in [3.63, 3.8) is 0 Å². The summed E-state index contributed by atoms with van der Waals surface area (Å²) in [5, 5.41) is 30.4. The molecule has 3 aromatic rings. The third-order valence-electron chi connectivity index (χ3n) is 5.04. The van der Waals surface area contributed by atoms with Gasteiger partial charge < -0.3 is 25.2 Å². The monoisotopic (exact) mass is 450 g/mol. The third-order valence-corrected chi connectivity index (χ3v) is 5.41. The second-order valence-corrected chi connectivity index (χ2v) is 7.67. The summed E-state index contributed by atoms with van der Waals surface area (Å²) in [5.74, 6) is -0.648. The average molecular weight is 451 g/mol. The Morgan fingerprint density at radius 1 is 1.39 bits per heavy atom. The van der Waals surface area contributed by atoms with Gasteiger partial charge in [0.1, 0.15) is 35.9 Å². The van der Waals surface area contributed by atoms with Gasteiger partial charge in [-0.25, -0.2) is 14.4 Å². The van der Waals surface area contributed by atoms with Gasteiger partial charge in [-0.05, 0) is 23.8 Å². The van der Waals surface area contributed by atoms with E-state index in [4.69, 9.17) is 16.3 Å². The van der Waals surface area contributed by atoms with E-state index in [2.05, 4.69) is 25.5 Å². The smallest absolute Gasteiger partial charge is 0.272 e.